The lowest BCUT2D eigenvalue weighted by atomic mass is 9.91. The largest absolute Gasteiger partial charge is 0.313 e. The van der Waals surface area contributed by atoms with Crippen LogP contribution in [0.15, 0.2) is 30.3 Å². The molecule has 0 saturated heterocycles. The monoisotopic (exact) mass is 203 g/mol. The Morgan fingerprint density at radius 3 is 2.60 bits per heavy atom. The second-order valence-electron chi connectivity index (χ2n) is 3.67. The Hall–Kier alpha value is -1.44. The molecule has 1 aromatic rings. The normalized spacial score (nSPS) is 12.1. The van der Waals surface area contributed by atoms with E-state index in [0.29, 0.717) is 12.3 Å². The van der Waals surface area contributed by atoms with Crippen LogP contribution in [0.3, 0.4) is 0 Å². The highest BCUT2D eigenvalue weighted by atomic mass is 16.1. The number of rotatable bonds is 6. The predicted molar refractivity (Wildman–Crippen MR) is 62.5 cm³/mol. The van der Waals surface area contributed by atoms with Gasteiger partial charge in [0.1, 0.15) is 5.78 Å². The van der Waals surface area contributed by atoms with E-state index in [9.17, 15) is 4.79 Å². The van der Waals surface area contributed by atoms with Gasteiger partial charge in [-0.3, -0.25) is 4.79 Å². The van der Waals surface area contributed by atoms with Gasteiger partial charge in [0.15, 0.2) is 0 Å². The molecule has 0 bridgehead atoms. The van der Waals surface area contributed by atoms with Gasteiger partial charge in [-0.2, -0.15) is 0 Å². The average Bonchev–Trinajstić information content (AvgIpc) is 2.27. The maximum absolute atomic E-state index is 11.4. The molecular formula is C13H17NO. The molecule has 2 nitrogen and oxygen atoms in total. The van der Waals surface area contributed by atoms with Crippen LogP contribution in [0.2, 0.25) is 0 Å². The van der Waals surface area contributed by atoms with Crippen molar-refractivity contribution in [2.24, 2.45) is 0 Å². The van der Waals surface area contributed by atoms with Gasteiger partial charge in [-0.25, -0.2) is 0 Å². The fourth-order valence-corrected chi connectivity index (χ4v) is 1.70. The molecule has 1 N–H and O–H groups in total. The molecule has 2 heteroatoms. The van der Waals surface area contributed by atoms with Crippen LogP contribution in [0.5, 0.6) is 0 Å². The molecule has 0 radical (unpaired) electrons. The minimum absolute atomic E-state index is 0.153. The second kappa shape index (κ2) is 6.12. The van der Waals surface area contributed by atoms with Gasteiger partial charge in [-0.15, -0.1) is 0 Å². The average molecular weight is 203 g/mol. The van der Waals surface area contributed by atoms with Gasteiger partial charge >= 0.3 is 0 Å². The highest BCUT2D eigenvalue weighted by molar-refractivity contribution is 5.90. The molecule has 0 aliphatic carbocycles. The Bertz CT molecular complexity index is 319. The van der Waals surface area contributed by atoms with Crippen LogP contribution in [0, 0.1) is 5.41 Å². The summed E-state index contributed by atoms with van der Waals surface area (Å²) in [6, 6.07) is 10.1. The van der Waals surface area contributed by atoms with Gasteiger partial charge in [-0.1, -0.05) is 37.3 Å². The number of benzene rings is 1. The molecule has 0 aliphatic heterocycles. The van der Waals surface area contributed by atoms with E-state index < -0.39 is 0 Å². The van der Waals surface area contributed by atoms with E-state index in [1.54, 1.807) is 0 Å². The van der Waals surface area contributed by atoms with E-state index in [-0.39, 0.29) is 12.2 Å². The standard InChI is InChI=1S/C13H17NO/c1-2-11(10-13(15)8-9-14)12-6-4-3-5-7-12/h3-7,9,11,14H,2,8,10H2,1H3. The number of nitrogens with one attached hydrogen (secondary N) is 1. The summed E-state index contributed by atoms with van der Waals surface area (Å²) in [6.07, 6.45) is 2.97. The van der Waals surface area contributed by atoms with E-state index in [4.69, 9.17) is 5.41 Å². The number of hydrogen-bond donors (Lipinski definition) is 1. The van der Waals surface area contributed by atoms with Crippen molar-refractivity contribution in [3.8, 4) is 0 Å². The first-order chi connectivity index (χ1) is 7.27. The van der Waals surface area contributed by atoms with E-state index in [2.05, 4.69) is 19.1 Å². The molecule has 1 aromatic carbocycles. The first kappa shape index (κ1) is 11.6. The highest BCUT2D eigenvalue weighted by Crippen LogP contribution is 2.23. The molecule has 0 fully saturated rings. The summed E-state index contributed by atoms with van der Waals surface area (Å²) in [4.78, 5) is 11.4. The number of ketones is 1. The molecule has 0 heterocycles. The van der Waals surface area contributed by atoms with Gasteiger partial charge in [0, 0.05) is 19.1 Å². The third-order valence-electron chi connectivity index (χ3n) is 2.57. The first-order valence-electron chi connectivity index (χ1n) is 5.33. The summed E-state index contributed by atoms with van der Waals surface area (Å²) in [5, 5.41) is 6.89. The number of carbonyl (C=O) groups is 1. The molecule has 0 aromatic heterocycles. The van der Waals surface area contributed by atoms with E-state index in [0.717, 1.165) is 6.42 Å². The van der Waals surface area contributed by atoms with Gasteiger partial charge in [-0.05, 0) is 17.9 Å². The Balaban J connectivity index is 2.64. The quantitative estimate of drug-likeness (QED) is 0.709. The molecule has 0 spiro atoms. The molecule has 0 amide bonds. The van der Waals surface area contributed by atoms with Crippen LogP contribution < -0.4 is 0 Å². The predicted octanol–water partition coefficient (Wildman–Crippen LogP) is 3.18. The van der Waals surface area contributed by atoms with Crippen molar-refractivity contribution >= 4 is 12.0 Å². The fourth-order valence-electron chi connectivity index (χ4n) is 1.70. The van der Waals surface area contributed by atoms with Gasteiger partial charge in [0.25, 0.3) is 0 Å². The Kier molecular flexibility index (Phi) is 4.75. The lowest BCUT2D eigenvalue weighted by Crippen LogP contribution is -2.06. The van der Waals surface area contributed by atoms with Crippen LogP contribution in [0.4, 0.5) is 0 Å². The Morgan fingerprint density at radius 1 is 1.40 bits per heavy atom. The fraction of sp³-hybridized carbons (Fsp3) is 0.385. The maximum atomic E-state index is 11.4. The van der Waals surface area contributed by atoms with Crippen molar-refractivity contribution in [1.29, 1.82) is 5.41 Å². The van der Waals surface area contributed by atoms with Crippen molar-refractivity contribution in [3.63, 3.8) is 0 Å². The van der Waals surface area contributed by atoms with Crippen molar-refractivity contribution in [3.05, 3.63) is 35.9 Å². The van der Waals surface area contributed by atoms with E-state index >= 15 is 0 Å². The minimum atomic E-state index is 0.153. The zero-order chi connectivity index (χ0) is 11.1. The Morgan fingerprint density at radius 2 is 2.07 bits per heavy atom. The molecule has 0 aliphatic rings. The van der Waals surface area contributed by atoms with Crippen LogP contribution >= 0.6 is 0 Å². The molecule has 15 heavy (non-hydrogen) atoms. The second-order valence-corrected chi connectivity index (χ2v) is 3.67. The lowest BCUT2D eigenvalue weighted by Gasteiger charge is -2.13. The third-order valence-corrected chi connectivity index (χ3v) is 2.57. The SMILES string of the molecule is CCC(CC(=O)CC=N)c1ccccc1. The van der Waals surface area contributed by atoms with Crippen molar-refractivity contribution < 1.29 is 4.79 Å². The van der Waals surface area contributed by atoms with Crippen molar-refractivity contribution in [1.82, 2.24) is 0 Å². The van der Waals surface area contributed by atoms with Crippen LogP contribution in [-0.2, 0) is 4.79 Å². The smallest absolute Gasteiger partial charge is 0.138 e. The molecule has 1 unspecified atom stereocenters. The van der Waals surface area contributed by atoms with Crippen molar-refractivity contribution in [2.45, 2.75) is 32.1 Å². The first-order valence-corrected chi connectivity index (χ1v) is 5.33. The maximum Gasteiger partial charge on any atom is 0.138 e. The van der Waals surface area contributed by atoms with Crippen molar-refractivity contribution in [2.75, 3.05) is 0 Å². The third kappa shape index (κ3) is 3.66. The Labute approximate surface area is 90.8 Å². The number of hydrogen-bond acceptors (Lipinski definition) is 2. The molecule has 0 saturated carbocycles. The van der Waals surface area contributed by atoms with Gasteiger partial charge in [0.05, 0.1) is 0 Å². The number of Topliss-reactive ketones (excluding diaryl/α,β-unsaturated/α-hetero) is 1. The topological polar surface area (TPSA) is 40.9 Å². The van der Waals surface area contributed by atoms with Gasteiger partial charge in [0.2, 0.25) is 0 Å². The number of carbonyl (C=O) groups excluding carboxylic acids is 1. The lowest BCUT2D eigenvalue weighted by molar-refractivity contribution is -0.118. The highest BCUT2D eigenvalue weighted by Gasteiger charge is 2.12. The zero-order valence-electron chi connectivity index (χ0n) is 9.07. The summed E-state index contributed by atoms with van der Waals surface area (Å²) >= 11 is 0. The van der Waals surface area contributed by atoms with Crippen LogP contribution in [0.1, 0.15) is 37.7 Å². The van der Waals surface area contributed by atoms with Crippen LogP contribution in [0.25, 0.3) is 0 Å². The summed E-state index contributed by atoms with van der Waals surface area (Å²) in [6.45, 7) is 2.09. The molecule has 1 atom stereocenters. The molecular weight excluding hydrogens is 186 g/mol. The zero-order valence-corrected chi connectivity index (χ0v) is 9.07. The summed E-state index contributed by atoms with van der Waals surface area (Å²) in [5.74, 6) is 0.458. The molecule has 1 rings (SSSR count). The van der Waals surface area contributed by atoms with E-state index in [1.807, 2.05) is 18.2 Å². The minimum Gasteiger partial charge on any atom is -0.313 e. The summed E-state index contributed by atoms with van der Waals surface area (Å²) < 4.78 is 0. The van der Waals surface area contributed by atoms with Crippen LogP contribution in [-0.4, -0.2) is 12.0 Å². The van der Waals surface area contributed by atoms with Gasteiger partial charge < -0.3 is 5.41 Å². The summed E-state index contributed by atoms with van der Waals surface area (Å²) in [5.41, 5.74) is 1.22. The molecule has 80 valence electrons. The summed E-state index contributed by atoms with van der Waals surface area (Å²) in [7, 11) is 0. The van der Waals surface area contributed by atoms with E-state index in [1.165, 1.54) is 11.8 Å².